The summed E-state index contributed by atoms with van der Waals surface area (Å²) in [5.74, 6) is 1.21. The second kappa shape index (κ2) is 6.91. The molecule has 108 valence electrons. The van der Waals surface area contributed by atoms with Crippen molar-refractivity contribution in [2.24, 2.45) is 0 Å². The lowest BCUT2D eigenvalue weighted by atomic mass is 10.1. The van der Waals surface area contributed by atoms with Crippen molar-refractivity contribution in [2.45, 2.75) is 13.5 Å². The van der Waals surface area contributed by atoms with E-state index in [0.29, 0.717) is 28.9 Å². The van der Waals surface area contributed by atoms with Crippen LogP contribution >= 0.6 is 11.6 Å². The molecular weight excluding hydrogens is 286 g/mol. The molecule has 0 aliphatic carbocycles. The van der Waals surface area contributed by atoms with Gasteiger partial charge in [0.25, 0.3) is 0 Å². The van der Waals surface area contributed by atoms with Crippen LogP contribution in [0.5, 0.6) is 0 Å². The lowest BCUT2D eigenvalue weighted by molar-refractivity contribution is 0.890. The third-order valence-corrected chi connectivity index (χ3v) is 3.16. The van der Waals surface area contributed by atoms with E-state index in [9.17, 15) is 0 Å². The van der Waals surface area contributed by atoms with Gasteiger partial charge < -0.3 is 10.2 Å². The van der Waals surface area contributed by atoms with E-state index in [1.54, 1.807) is 12.3 Å². The van der Waals surface area contributed by atoms with E-state index in [0.717, 1.165) is 12.1 Å². The van der Waals surface area contributed by atoms with E-state index >= 15 is 0 Å². The summed E-state index contributed by atoms with van der Waals surface area (Å²) in [6.07, 6.45) is 1.59. The maximum absolute atomic E-state index is 8.94. The molecule has 1 N–H and O–H groups in total. The fraction of sp³-hybridized carbons (Fsp3) is 0.267. The van der Waals surface area contributed by atoms with E-state index in [4.69, 9.17) is 16.9 Å². The van der Waals surface area contributed by atoms with Gasteiger partial charge in [0.1, 0.15) is 5.02 Å². The highest BCUT2D eigenvalue weighted by molar-refractivity contribution is 6.32. The predicted octanol–water partition coefficient (Wildman–Crippen LogP) is 3.07. The van der Waals surface area contributed by atoms with Crippen LogP contribution in [0.15, 0.2) is 30.5 Å². The first-order chi connectivity index (χ1) is 10.1. The van der Waals surface area contributed by atoms with Gasteiger partial charge >= 0.3 is 0 Å². The molecule has 0 amide bonds. The molecule has 1 heterocycles. The van der Waals surface area contributed by atoms with Crippen LogP contribution in [0.2, 0.25) is 5.02 Å². The van der Waals surface area contributed by atoms with E-state index < -0.39 is 0 Å². The third-order valence-electron chi connectivity index (χ3n) is 2.90. The van der Waals surface area contributed by atoms with E-state index in [2.05, 4.69) is 21.4 Å². The highest BCUT2D eigenvalue weighted by Crippen LogP contribution is 2.24. The van der Waals surface area contributed by atoms with Crippen LogP contribution in [0.4, 0.5) is 11.8 Å². The zero-order chi connectivity index (χ0) is 15.2. The molecule has 0 unspecified atom stereocenters. The maximum Gasteiger partial charge on any atom is 0.224 e. The van der Waals surface area contributed by atoms with Crippen molar-refractivity contribution >= 4 is 23.4 Å². The first kappa shape index (κ1) is 15.1. The molecule has 0 aliphatic heterocycles. The van der Waals surface area contributed by atoms with Crippen LogP contribution in [-0.4, -0.2) is 23.6 Å². The molecule has 2 rings (SSSR count). The van der Waals surface area contributed by atoms with Gasteiger partial charge in [-0.25, -0.2) is 4.98 Å². The Morgan fingerprint density at radius 1 is 1.43 bits per heavy atom. The first-order valence-electron chi connectivity index (χ1n) is 6.60. The number of hydrogen-bond donors (Lipinski definition) is 1. The minimum Gasteiger partial charge on any atom is -0.354 e. The molecule has 0 saturated heterocycles. The number of aromatic nitrogens is 2. The summed E-state index contributed by atoms with van der Waals surface area (Å²) in [7, 11) is 1.91. The number of anilines is 2. The minimum atomic E-state index is 0.496. The average molecular weight is 302 g/mol. The van der Waals surface area contributed by atoms with Gasteiger partial charge in [-0.05, 0) is 24.6 Å². The molecule has 1 aromatic heterocycles. The van der Waals surface area contributed by atoms with Crippen LogP contribution in [0.3, 0.4) is 0 Å². The highest BCUT2D eigenvalue weighted by atomic mass is 35.5. The lowest BCUT2D eigenvalue weighted by Gasteiger charge is -2.20. The van der Waals surface area contributed by atoms with Crippen molar-refractivity contribution in [1.82, 2.24) is 9.97 Å². The van der Waals surface area contributed by atoms with Crippen LogP contribution in [0, 0.1) is 11.3 Å². The Hall–Kier alpha value is -2.32. The second-order valence-electron chi connectivity index (χ2n) is 4.56. The highest BCUT2D eigenvalue weighted by Gasteiger charge is 2.11. The molecule has 0 bridgehead atoms. The number of hydrogen-bond acceptors (Lipinski definition) is 5. The number of halogens is 1. The van der Waals surface area contributed by atoms with Crippen molar-refractivity contribution < 1.29 is 0 Å². The Balaban J connectivity index is 2.21. The summed E-state index contributed by atoms with van der Waals surface area (Å²) in [5, 5.41) is 12.5. The van der Waals surface area contributed by atoms with E-state index in [1.165, 1.54) is 0 Å². The summed E-state index contributed by atoms with van der Waals surface area (Å²) in [6.45, 7) is 3.33. The standard InChI is InChI=1S/C15H16ClN5/c1-3-18-15-19-9-13(16)14(20-15)21(2)10-12-6-4-5-11(7-12)8-17/h4-7,9H,3,10H2,1-2H3,(H,18,19,20). The van der Waals surface area contributed by atoms with Gasteiger partial charge in [0.15, 0.2) is 5.82 Å². The number of nitriles is 1. The van der Waals surface area contributed by atoms with Crippen LogP contribution in [-0.2, 0) is 6.54 Å². The summed E-state index contributed by atoms with van der Waals surface area (Å²) in [4.78, 5) is 10.5. The first-order valence-corrected chi connectivity index (χ1v) is 6.98. The largest absolute Gasteiger partial charge is 0.354 e. The minimum absolute atomic E-state index is 0.496. The lowest BCUT2D eigenvalue weighted by Crippen LogP contribution is -2.19. The van der Waals surface area contributed by atoms with Crippen LogP contribution < -0.4 is 10.2 Å². The Bertz CT molecular complexity index is 665. The fourth-order valence-electron chi connectivity index (χ4n) is 1.96. The van der Waals surface area contributed by atoms with Crippen molar-refractivity contribution in [2.75, 3.05) is 23.8 Å². The monoisotopic (exact) mass is 301 g/mol. The summed E-state index contributed by atoms with van der Waals surface area (Å²) in [6, 6.07) is 9.62. The quantitative estimate of drug-likeness (QED) is 0.919. The Labute approximate surface area is 129 Å². The summed E-state index contributed by atoms with van der Waals surface area (Å²) in [5.41, 5.74) is 1.67. The van der Waals surface area contributed by atoms with Crippen molar-refractivity contribution in [1.29, 1.82) is 5.26 Å². The Morgan fingerprint density at radius 2 is 2.24 bits per heavy atom. The molecule has 2 aromatic rings. The number of rotatable bonds is 5. The molecule has 5 nitrogen and oxygen atoms in total. The molecule has 0 atom stereocenters. The predicted molar refractivity (Wildman–Crippen MR) is 84.5 cm³/mol. The van der Waals surface area contributed by atoms with Crippen LogP contribution in [0.25, 0.3) is 0 Å². The van der Waals surface area contributed by atoms with Crippen molar-refractivity contribution in [3.05, 3.63) is 46.6 Å². The van der Waals surface area contributed by atoms with Gasteiger partial charge in [0.2, 0.25) is 5.95 Å². The Morgan fingerprint density at radius 3 is 2.95 bits per heavy atom. The molecule has 0 fully saturated rings. The molecule has 6 heteroatoms. The van der Waals surface area contributed by atoms with E-state index in [1.807, 2.05) is 37.1 Å². The second-order valence-corrected chi connectivity index (χ2v) is 4.97. The van der Waals surface area contributed by atoms with Gasteiger partial charge in [0, 0.05) is 20.1 Å². The van der Waals surface area contributed by atoms with Crippen molar-refractivity contribution in [3.63, 3.8) is 0 Å². The molecule has 0 aliphatic rings. The molecule has 1 aromatic carbocycles. The zero-order valence-electron chi connectivity index (χ0n) is 12.0. The fourth-order valence-corrected chi connectivity index (χ4v) is 2.19. The molecular formula is C15H16ClN5. The normalized spacial score (nSPS) is 10.0. The SMILES string of the molecule is CCNc1ncc(Cl)c(N(C)Cc2cccc(C#N)c2)n1. The molecule has 0 spiro atoms. The van der Waals surface area contributed by atoms with Gasteiger partial charge in [-0.1, -0.05) is 23.7 Å². The molecule has 0 radical (unpaired) electrons. The number of nitrogens with zero attached hydrogens (tertiary/aromatic N) is 4. The third kappa shape index (κ3) is 3.83. The average Bonchev–Trinajstić information content (AvgIpc) is 2.49. The van der Waals surface area contributed by atoms with Gasteiger partial charge in [0.05, 0.1) is 17.8 Å². The molecule has 21 heavy (non-hydrogen) atoms. The topological polar surface area (TPSA) is 64.8 Å². The zero-order valence-corrected chi connectivity index (χ0v) is 12.7. The number of nitrogens with one attached hydrogen (secondary N) is 1. The Kier molecular flexibility index (Phi) is 4.96. The molecule has 0 saturated carbocycles. The van der Waals surface area contributed by atoms with E-state index in [-0.39, 0.29) is 0 Å². The number of benzene rings is 1. The van der Waals surface area contributed by atoms with Crippen LogP contribution in [0.1, 0.15) is 18.1 Å². The van der Waals surface area contributed by atoms with Gasteiger partial charge in [-0.2, -0.15) is 10.2 Å². The maximum atomic E-state index is 8.94. The summed E-state index contributed by atoms with van der Waals surface area (Å²) < 4.78 is 0. The van der Waals surface area contributed by atoms with Crippen molar-refractivity contribution in [3.8, 4) is 6.07 Å². The smallest absolute Gasteiger partial charge is 0.224 e. The van der Waals surface area contributed by atoms with Gasteiger partial charge in [-0.15, -0.1) is 0 Å². The summed E-state index contributed by atoms with van der Waals surface area (Å²) >= 11 is 6.17. The van der Waals surface area contributed by atoms with Gasteiger partial charge in [-0.3, -0.25) is 0 Å².